The molecule has 2 N–H and O–H groups in total. The Morgan fingerprint density at radius 1 is 1.13 bits per heavy atom. The quantitative estimate of drug-likeness (QED) is 0.251. The second kappa shape index (κ2) is 10.1. The number of hydrogen-bond acceptors (Lipinski definition) is 8. The average molecular weight is 436 g/mol. The zero-order valence-electron chi connectivity index (χ0n) is 16.2. The molecule has 0 aliphatic heterocycles. The molecule has 0 saturated carbocycles. The molecular formula is C20H16N6O4S. The molecule has 0 aliphatic rings. The summed E-state index contributed by atoms with van der Waals surface area (Å²) in [5, 5.41) is 18.3. The SMILES string of the molecule is CC(=O)Nc1ccc(C(=O)N/N=C/c2ccc(Sc3ncccn3)c([N+](=O)[O-])c2)cc1. The lowest BCUT2D eigenvalue weighted by Crippen LogP contribution is -2.17. The van der Waals surface area contributed by atoms with Crippen LogP contribution in [0.1, 0.15) is 22.8 Å². The second-order valence-corrected chi connectivity index (χ2v) is 7.08. The smallest absolute Gasteiger partial charge is 0.283 e. The predicted octanol–water partition coefficient (Wildman–Crippen LogP) is 3.26. The van der Waals surface area contributed by atoms with Gasteiger partial charge in [-0.2, -0.15) is 5.10 Å². The summed E-state index contributed by atoms with van der Waals surface area (Å²) in [7, 11) is 0. The van der Waals surface area contributed by atoms with Crippen LogP contribution in [0.15, 0.2) is 76.1 Å². The van der Waals surface area contributed by atoms with Gasteiger partial charge in [-0.25, -0.2) is 15.4 Å². The first kappa shape index (κ1) is 21.6. The van der Waals surface area contributed by atoms with Gasteiger partial charge in [-0.1, -0.05) is 6.07 Å². The lowest BCUT2D eigenvalue weighted by molar-refractivity contribution is -0.387. The lowest BCUT2D eigenvalue weighted by atomic mass is 10.2. The van der Waals surface area contributed by atoms with E-state index >= 15 is 0 Å². The molecule has 0 atom stereocenters. The highest BCUT2D eigenvalue weighted by atomic mass is 32.2. The van der Waals surface area contributed by atoms with Crippen molar-refractivity contribution >= 4 is 41.2 Å². The first-order valence-electron chi connectivity index (χ1n) is 8.87. The molecule has 2 amide bonds. The number of carbonyl (C=O) groups is 2. The van der Waals surface area contributed by atoms with Crippen LogP contribution in [0.3, 0.4) is 0 Å². The van der Waals surface area contributed by atoms with E-state index in [0.29, 0.717) is 26.9 Å². The van der Waals surface area contributed by atoms with Crippen LogP contribution in [0.5, 0.6) is 0 Å². The van der Waals surface area contributed by atoms with E-state index in [2.05, 4.69) is 25.8 Å². The predicted molar refractivity (Wildman–Crippen MR) is 115 cm³/mol. The van der Waals surface area contributed by atoms with Crippen LogP contribution in [0.4, 0.5) is 11.4 Å². The maximum Gasteiger partial charge on any atom is 0.283 e. The second-order valence-electron chi connectivity index (χ2n) is 6.08. The molecule has 11 heteroatoms. The molecule has 0 spiro atoms. The monoisotopic (exact) mass is 436 g/mol. The summed E-state index contributed by atoms with van der Waals surface area (Å²) in [4.78, 5) is 42.6. The number of benzene rings is 2. The van der Waals surface area contributed by atoms with Crippen LogP contribution in [-0.2, 0) is 4.79 Å². The van der Waals surface area contributed by atoms with Crippen LogP contribution in [-0.4, -0.2) is 32.9 Å². The van der Waals surface area contributed by atoms with E-state index in [1.807, 2.05) is 0 Å². The summed E-state index contributed by atoms with van der Waals surface area (Å²) in [6.45, 7) is 1.39. The first-order chi connectivity index (χ1) is 14.9. The topological polar surface area (TPSA) is 139 Å². The fourth-order valence-electron chi connectivity index (χ4n) is 2.42. The minimum absolute atomic E-state index is 0.124. The Labute approximate surface area is 181 Å². The standard InChI is InChI=1S/C20H16N6O4S/c1-13(27)24-16-6-4-15(5-7-16)19(28)25-23-12-14-3-8-18(17(11-14)26(29)30)31-20-21-9-2-10-22-20/h2-12H,1H3,(H,24,27)(H,25,28)/b23-12+. The summed E-state index contributed by atoms with van der Waals surface area (Å²) in [5.74, 6) is -0.676. The maximum absolute atomic E-state index is 12.2. The van der Waals surface area contributed by atoms with Crippen molar-refractivity contribution in [2.24, 2.45) is 5.10 Å². The van der Waals surface area contributed by atoms with Crippen molar-refractivity contribution in [1.29, 1.82) is 0 Å². The summed E-state index contributed by atoms with van der Waals surface area (Å²) in [5.41, 5.74) is 3.58. The van der Waals surface area contributed by atoms with Crippen molar-refractivity contribution in [3.8, 4) is 0 Å². The highest BCUT2D eigenvalue weighted by molar-refractivity contribution is 7.99. The van der Waals surface area contributed by atoms with Crippen molar-refractivity contribution in [3.05, 3.63) is 82.2 Å². The van der Waals surface area contributed by atoms with Gasteiger partial charge in [-0.05, 0) is 48.2 Å². The molecule has 2 aromatic carbocycles. The third-order valence-electron chi connectivity index (χ3n) is 3.77. The molecule has 0 aliphatic carbocycles. The molecule has 3 aromatic rings. The van der Waals surface area contributed by atoms with Gasteiger partial charge in [0.05, 0.1) is 16.0 Å². The van der Waals surface area contributed by atoms with E-state index in [-0.39, 0.29) is 11.6 Å². The number of nitrogens with zero attached hydrogens (tertiary/aromatic N) is 4. The van der Waals surface area contributed by atoms with E-state index in [0.717, 1.165) is 11.8 Å². The van der Waals surface area contributed by atoms with Crippen molar-refractivity contribution in [1.82, 2.24) is 15.4 Å². The van der Waals surface area contributed by atoms with Gasteiger partial charge in [0.1, 0.15) is 0 Å². The van der Waals surface area contributed by atoms with E-state index in [4.69, 9.17) is 0 Å². The maximum atomic E-state index is 12.2. The number of hydrogen-bond donors (Lipinski definition) is 2. The molecule has 1 aromatic heterocycles. The molecule has 156 valence electrons. The number of nitro benzene ring substituents is 1. The van der Waals surface area contributed by atoms with Gasteiger partial charge in [0.15, 0.2) is 5.16 Å². The number of anilines is 1. The van der Waals surface area contributed by atoms with E-state index in [1.165, 1.54) is 19.2 Å². The third kappa shape index (κ3) is 6.18. The normalized spacial score (nSPS) is 10.6. The fraction of sp³-hybridized carbons (Fsp3) is 0.0500. The molecular weight excluding hydrogens is 420 g/mol. The van der Waals surface area contributed by atoms with E-state index in [9.17, 15) is 19.7 Å². The molecule has 10 nitrogen and oxygen atoms in total. The summed E-state index contributed by atoms with van der Waals surface area (Å²) >= 11 is 1.08. The Kier molecular flexibility index (Phi) is 7.01. The zero-order valence-corrected chi connectivity index (χ0v) is 17.0. The van der Waals surface area contributed by atoms with Gasteiger partial charge in [-0.15, -0.1) is 0 Å². The summed E-state index contributed by atoms with van der Waals surface area (Å²) in [6.07, 6.45) is 4.42. The van der Waals surface area contributed by atoms with E-state index in [1.54, 1.807) is 54.9 Å². The third-order valence-corrected chi connectivity index (χ3v) is 4.73. The number of rotatable bonds is 7. The Balaban J connectivity index is 1.67. The summed E-state index contributed by atoms with van der Waals surface area (Å²) in [6, 6.07) is 12.5. The molecule has 3 rings (SSSR count). The number of carbonyl (C=O) groups excluding carboxylic acids is 2. The number of aromatic nitrogens is 2. The van der Waals surface area contributed by atoms with Crippen LogP contribution in [0.2, 0.25) is 0 Å². The minimum atomic E-state index is -0.502. The van der Waals surface area contributed by atoms with Gasteiger partial charge in [0, 0.05) is 42.2 Å². The lowest BCUT2D eigenvalue weighted by Gasteiger charge is -2.04. The average Bonchev–Trinajstić information content (AvgIpc) is 2.75. The van der Waals surface area contributed by atoms with Gasteiger partial charge in [-0.3, -0.25) is 19.7 Å². The van der Waals surface area contributed by atoms with Crippen molar-refractivity contribution < 1.29 is 14.5 Å². The van der Waals surface area contributed by atoms with Crippen molar-refractivity contribution in [2.75, 3.05) is 5.32 Å². The number of nitrogens with one attached hydrogen (secondary N) is 2. The Bertz CT molecular complexity index is 1140. The van der Waals surface area contributed by atoms with E-state index < -0.39 is 10.8 Å². The van der Waals surface area contributed by atoms with Gasteiger partial charge < -0.3 is 5.32 Å². The number of hydrazone groups is 1. The van der Waals surface area contributed by atoms with Gasteiger partial charge >= 0.3 is 0 Å². The molecule has 0 radical (unpaired) electrons. The summed E-state index contributed by atoms with van der Waals surface area (Å²) < 4.78 is 0. The zero-order chi connectivity index (χ0) is 22.2. The molecule has 1 heterocycles. The minimum Gasteiger partial charge on any atom is -0.326 e. The van der Waals surface area contributed by atoms with Crippen LogP contribution in [0, 0.1) is 10.1 Å². The van der Waals surface area contributed by atoms with Crippen molar-refractivity contribution in [3.63, 3.8) is 0 Å². The largest absolute Gasteiger partial charge is 0.326 e. The highest BCUT2D eigenvalue weighted by Gasteiger charge is 2.16. The first-order valence-corrected chi connectivity index (χ1v) is 9.68. The van der Waals surface area contributed by atoms with Crippen LogP contribution >= 0.6 is 11.8 Å². The highest BCUT2D eigenvalue weighted by Crippen LogP contribution is 2.33. The molecule has 0 saturated heterocycles. The number of amides is 2. The Morgan fingerprint density at radius 3 is 2.48 bits per heavy atom. The molecule has 0 unspecified atom stereocenters. The number of nitro groups is 1. The van der Waals surface area contributed by atoms with Gasteiger partial charge in [0.2, 0.25) is 5.91 Å². The Morgan fingerprint density at radius 2 is 1.84 bits per heavy atom. The molecule has 0 bridgehead atoms. The molecule has 31 heavy (non-hydrogen) atoms. The fourth-order valence-corrected chi connectivity index (χ4v) is 3.22. The van der Waals surface area contributed by atoms with Crippen LogP contribution in [0.25, 0.3) is 0 Å². The molecule has 0 fully saturated rings. The van der Waals surface area contributed by atoms with Crippen LogP contribution < -0.4 is 10.7 Å². The Hall–Kier alpha value is -4.12. The van der Waals surface area contributed by atoms with Gasteiger partial charge in [0.25, 0.3) is 11.6 Å². The van der Waals surface area contributed by atoms with Crippen molar-refractivity contribution in [2.45, 2.75) is 17.0 Å².